The maximum absolute atomic E-state index is 13.3. The van der Waals surface area contributed by atoms with E-state index >= 15 is 0 Å². The van der Waals surface area contributed by atoms with Crippen LogP contribution in [-0.4, -0.2) is 22.0 Å². The number of carbonyl (C=O) groups is 1. The Hall–Kier alpha value is -2.88. The fourth-order valence-electron chi connectivity index (χ4n) is 3.41. The molecule has 0 saturated carbocycles. The number of halogens is 1. The number of amides is 1. The summed E-state index contributed by atoms with van der Waals surface area (Å²) in [4.78, 5) is 15.2. The molecule has 0 fully saturated rings. The highest BCUT2D eigenvalue weighted by Crippen LogP contribution is 2.32. The van der Waals surface area contributed by atoms with Gasteiger partial charge in [-0.15, -0.1) is 0 Å². The summed E-state index contributed by atoms with van der Waals surface area (Å²) in [7, 11) is 0. The van der Waals surface area contributed by atoms with E-state index in [1.165, 1.54) is 0 Å². The number of anilines is 1. The van der Waals surface area contributed by atoms with Gasteiger partial charge in [0, 0.05) is 22.4 Å². The first-order chi connectivity index (χ1) is 13.8. The average Bonchev–Trinajstić information content (AvgIpc) is 2.69. The number of thiocarbonyl (C=S) groups is 1. The molecule has 29 heavy (non-hydrogen) atoms. The van der Waals surface area contributed by atoms with Gasteiger partial charge in [0.25, 0.3) is 5.91 Å². The van der Waals surface area contributed by atoms with Gasteiger partial charge in [-0.3, -0.25) is 4.79 Å². The van der Waals surface area contributed by atoms with Crippen LogP contribution in [0.1, 0.15) is 37.9 Å². The maximum Gasteiger partial charge on any atom is 0.255 e. The van der Waals surface area contributed by atoms with Crippen molar-refractivity contribution in [1.29, 1.82) is 5.26 Å². The molecule has 1 atom stereocenters. The SMILES string of the molecule is CC1=C(C(=O)Nc2ccc(Cl)cc2)C(c2ccc(C#N)cc2)NC(=S)N1C(C)C. The quantitative estimate of drug-likeness (QED) is 0.692. The molecule has 2 N–H and O–H groups in total. The van der Waals surface area contributed by atoms with E-state index in [1.54, 1.807) is 36.4 Å². The van der Waals surface area contributed by atoms with Crippen LogP contribution < -0.4 is 10.6 Å². The third-order valence-corrected chi connectivity index (χ3v) is 5.33. The van der Waals surface area contributed by atoms with E-state index in [9.17, 15) is 4.79 Å². The third kappa shape index (κ3) is 4.42. The van der Waals surface area contributed by atoms with E-state index in [-0.39, 0.29) is 11.9 Å². The van der Waals surface area contributed by atoms with E-state index in [0.29, 0.717) is 27.0 Å². The number of nitrogens with one attached hydrogen (secondary N) is 2. The molecule has 1 aliphatic heterocycles. The van der Waals surface area contributed by atoms with Crippen molar-refractivity contribution in [3.63, 3.8) is 0 Å². The van der Waals surface area contributed by atoms with Crippen LogP contribution in [0.25, 0.3) is 0 Å². The lowest BCUT2D eigenvalue weighted by molar-refractivity contribution is -0.113. The topological polar surface area (TPSA) is 68.2 Å². The minimum Gasteiger partial charge on any atom is -0.351 e. The molecule has 2 aromatic carbocycles. The molecule has 0 aliphatic carbocycles. The molecule has 0 radical (unpaired) electrons. The lowest BCUT2D eigenvalue weighted by atomic mass is 9.93. The number of hydrogen-bond acceptors (Lipinski definition) is 3. The minimum absolute atomic E-state index is 0.0928. The largest absolute Gasteiger partial charge is 0.351 e. The minimum atomic E-state index is -0.419. The fourth-order valence-corrected chi connectivity index (χ4v) is 4.00. The third-order valence-electron chi connectivity index (χ3n) is 4.76. The smallest absolute Gasteiger partial charge is 0.255 e. The molecule has 1 unspecified atom stereocenters. The normalized spacial score (nSPS) is 16.5. The Balaban J connectivity index is 2.03. The molecule has 5 nitrogen and oxygen atoms in total. The fraction of sp³-hybridized carbons (Fsp3) is 0.227. The summed E-state index contributed by atoms with van der Waals surface area (Å²) < 4.78 is 0. The highest BCUT2D eigenvalue weighted by atomic mass is 35.5. The molecule has 3 rings (SSSR count). The van der Waals surface area contributed by atoms with Crippen LogP contribution in [0.4, 0.5) is 5.69 Å². The number of carbonyl (C=O) groups excluding carboxylic acids is 1. The second-order valence-corrected chi connectivity index (χ2v) is 7.86. The number of nitrogens with zero attached hydrogens (tertiary/aromatic N) is 2. The van der Waals surface area contributed by atoms with Gasteiger partial charge in [0.15, 0.2) is 5.11 Å². The molecule has 1 heterocycles. The first-order valence-corrected chi connectivity index (χ1v) is 9.98. The van der Waals surface area contributed by atoms with Gasteiger partial charge in [0.05, 0.1) is 23.2 Å². The summed E-state index contributed by atoms with van der Waals surface area (Å²) in [6.07, 6.45) is 0. The van der Waals surface area contributed by atoms with Crippen molar-refractivity contribution >= 4 is 40.5 Å². The van der Waals surface area contributed by atoms with Crippen LogP contribution in [0, 0.1) is 11.3 Å². The summed E-state index contributed by atoms with van der Waals surface area (Å²) >= 11 is 11.5. The predicted molar refractivity (Wildman–Crippen MR) is 119 cm³/mol. The lowest BCUT2D eigenvalue weighted by Gasteiger charge is -2.40. The van der Waals surface area contributed by atoms with Crippen LogP contribution in [-0.2, 0) is 4.79 Å². The van der Waals surface area contributed by atoms with Gasteiger partial charge in [0.2, 0.25) is 0 Å². The molecule has 0 saturated heterocycles. The van der Waals surface area contributed by atoms with Crippen LogP contribution in [0.2, 0.25) is 5.02 Å². The number of benzene rings is 2. The van der Waals surface area contributed by atoms with Crippen molar-refractivity contribution < 1.29 is 4.79 Å². The molecule has 7 heteroatoms. The van der Waals surface area contributed by atoms with Crippen LogP contribution in [0.5, 0.6) is 0 Å². The van der Waals surface area contributed by atoms with E-state index in [4.69, 9.17) is 29.1 Å². The van der Waals surface area contributed by atoms with E-state index < -0.39 is 6.04 Å². The Bertz CT molecular complexity index is 1010. The standard InChI is InChI=1S/C22H21ClN4OS/c1-13(2)27-14(3)19(21(28)25-18-10-8-17(23)9-11-18)20(26-22(27)29)16-6-4-15(12-24)5-7-16/h4-11,13,20H,1-3H3,(H,25,28)(H,26,29). The zero-order chi connectivity index (χ0) is 21.1. The van der Waals surface area contributed by atoms with E-state index in [0.717, 1.165) is 11.3 Å². The van der Waals surface area contributed by atoms with Gasteiger partial charge in [-0.25, -0.2) is 0 Å². The second-order valence-electron chi connectivity index (χ2n) is 7.04. The number of hydrogen-bond donors (Lipinski definition) is 2. The monoisotopic (exact) mass is 424 g/mol. The van der Waals surface area contributed by atoms with Gasteiger partial charge in [-0.2, -0.15) is 5.26 Å². The lowest BCUT2D eigenvalue weighted by Crippen LogP contribution is -2.50. The summed E-state index contributed by atoms with van der Waals surface area (Å²) in [5, 5.41) is 16.5. The Morgan fingerprint density at radius 2 is 1.83 bits per heavy atom. The summed E-state index contributed by atoms with van der Waals surface area (Å²) in [5.41, 5.74) is 3.44. The van der Waals surface area contributed by atoms with E-state index in [1.807, 2.05) is 37.8 Å². The van der Waals surface area contributed by atoms with Crippen molar-refractivity contribution in [3.05, 3.63) is 76.0 Å². The van der Waals surface area contributed by atoms with Gasteiger partial charge >= 0.3 is 0 Å². The van der Waals surface area contributed by atoms with Gasteiger partial charge in [-0.05, 0) is 75.0 Å². The molecule has 2 aromatic rings. The summed E-state index contributed by atoms with van der Waals surface area (Å²) in [6.45, 7) is 5.95. The molecule has 0 aromatic heterocycles. The Kier molecular flexibility index (Phi) is 6.21. The molecule has 1 amide bonds. The van der Waals surface area contributed by atoms with Crippen molar-refractivity contribution in [3.8, 4) is 6.07 Å². The Labute approximate surface area is 181 Å². The van der Waals surface area contributed by atoms with Crippen molar-refractivity contribution in [2.45, 2.75) is 32.9 Å². The first-order valence-electron chi connectivity index (χ1n) is 9.19. The summed E-state index contributed by atoms with van der Waals surface area (Å²) in [5.74, 6) is -0.222. The first kappa shape index (κ1) is 20.8. The van der Waals surface area contributed by atoms with Crippen LogP contribution >= 0.6 is 23.8 Å². The number of allylic oxidation sites excluding steroid dienone is 1. The molecule has 0 spiro atoms. The van der Waals surface area contributed by atoms with Crippen LogP contribution in [0.15, 0.2) is 59.8 Å². The van der Waals surface area contributed by atoms with Gasteiger partial charge in [-0.1, -0.05) is 23.7 Å². The number of rotatable bonds is 4. The highest BCUT2D eigenvalue weighted by Gasteiger charge is 2.34. The molecule has 1 aliphatic rings. The molecular formula is C22H21ClN4OS. The molecule has 0 bridgehead atoms. The molecular weight excluding hydrogens is 404 g/mol. The zero-order valence-electron chi connectivity index (χ0n) is 16.4. The van der Waals surface area contributed by atoms with Gasteiger partial charge in [0.1, 0.15) is 0 Å². The average molecular weight is 425 g/mol. The van der Waals surface area contributed by atoms with Gasteiger partial charge < -0.3 is 15.5 Å². The second kappa shape index (κ2) is 8.64. The highest BCUT2D eigenvalue weighted by molar-refractivity contribution is 7.80. The van der Waals surface area contributed by atoms with Crippen molar-refractivity contribution in [1.82, 2.24) is 10.2 Å². The van der Waals surface area contributed by atoms with Crippen LogP contribution in [0.3, 0.4) is 0 Å². The predicted octanol–water partition coefficient (Wildman–Crippen LogP) is 4.76. The summed E-state index contributed by atoms with van der Waals surface area (Å²) in [6, 6.07) is 15.9. The number of nitriles is 1. The molecule has 148 valence electrons. The van der Waals surface area contributed by atoms with Crippen molar-refractivity contribution in [2.75, 3.05) is 5.32 Å². The Morgan fingerprint density at radius 1 is 1.21 bits per heavy atom. The Morgan fingerprint density at radius 3 is 2.38 bits per heavy atom. The van der Waals surface area contributed by atoms with E-state index in [2.05, 4.69) is 16.7 Å². The zero-order valence-corrected chi connectivity index (χ0v) is 17.9. The van der Waals surface area contributed by atoms with Crippen molar-refractivity contribution in [2.24, 2.45) is 0 Å². The maximum atomic E-state index is 13.3.